The van der Waals surface area contributed by atoms with Gasteiger partial charge in [-0.15, -0.1) is 0 Å². The number of rotatable bonds is 4. The van der Waals surface area contributed by atoms with Crippen LogP contribution < -0.4 is 5.32 Å². The molecule has 0 heterocycles. The Morgan fingerprint density at radius 3 is 2.67 bits per heavy atom. The largest absolute Gasteiger partial charge is 0.465 e. The van der Waals surface area contributed by atoms with Crippen LogP contribution in [0.2, 0.25) is 0 Å². The summed E-state index contributed by atoms with van der Waals surface area (Å²) in [5.41, 5.74) is -0.168. The number of halogens is 2. The summed E-state index contributed by atoms with van der Waals surface area (Å²) in [6, 6.07) is 1.90. The maximum atomic E-state index is 13.8. The molecule has 0 amide bonds. The van der Waals surface area contributed by atoms with Gasteiger partial charge in [0, 0.05) is 19.2 Å². The van der Waals surface area contributed by atoms with E-state index in [1.807, 2.05) is 0 Å². The summed E-state index contributed by atoms with van der Waals surface area (Å²) in [5.74, 6) is -2.48. The monoisotopic (exact) mass is 299 g/mol. The highest BCUT2D eigenvalue weighted by Crippen LogP contribution is 2.26. The van der Waals surface area contributed by atoms with Gasteiger partial charge in [-0.25, -0.2) is 13.6 Å². The van der Waals surface area contributed by atoms with Crippen molar-refractivity contribution in [2.75, 3.05) is 19.5 Å². The highest BCUT2D eigenvalue weighted by molar-refractivity contribution is 5.90. The van der Waals surface area contributed by atoms with Gasteiger partial charge in [0.1, 0.15) is 11.6 Å². The molecule has 1 aromatic rings. The van der Waals surface area contributed by atoms with Crippen molar-refractivity contribution in [1.82, 2.24) is 0 Å². The minimum absolute atomic E-state index is 0.0363. The van der Waals surface area contributed by atoms with Crippen LogP contribution in [0.4, 0.5) is 14.5 Å². The molecule has 2 atom stereocenters. The second kappa shape index (κ2) is 6.85. The second-order valence-corrected chi connectivity index (χ2v) is 5.17. The first kappa shape index (κ1) is 15.7. The predicted molar refractivity (Wildman–Crippen MR) is 74.4 cm³/mol. The van der Waals surface area contributed by atoms with Crippen molar-refractivity contribution >= 4 is 11.7 Å². The van der Waals surface area contributed by atoms with Gasteiger partial charge >= 0.3 is 5.97 Å². The SMILES string of the molecule is COC(=O)c1cc(NC2CCCC(OC)C2)c(F)cc1F. The van der Waals surface area contributed by atoms with Crippen LogP contribution in [0.5, 0.6) is 0 Å². The van der Waals surface area contributed by atoms with Crippen molar-refractivity contribution in [3.8, 4) is 0 Å². The van der Waals surface area contributed by atoms with E-state index in [1.165, 1.54) is 0 Å². The lowest BCUT2D eigenvalue weighted by atomic mass is 9.92. The highest BCUT2D eigenvalue weighted by atomic mass is 19.1. The van der Waals surface area contributed by atoms with E-state index in [2.05, 4.69) is 10.1 Å². The minimum atomic E-state index is -0.927. The fourth-order valence-electron chi connectivity index (χ4n) is 2.64. The van der Waals surface area contributed by atoms with Crippen molar-refractivity contribution in [2.24, 2.45) is 0 Å². The molecule has 1 saturated carbocycles. The van der Waals surface area contributed by atoms with Crippen LogP contribution in [0.3, 0.4) is 0 Å². The summed E-state index contributed by atoms with van der Waals surface area (Å²) >= 11 is 0. The molecule has 0 aliphatic heterocycles. The third kappa shape index (κ3) is 3.69. The molecule has 0 bridgehead atoms. The van der Waals surface area contributed by atoms with Crippen LogP contribution in [0, 0.1) is 11.6 Å². The van der Waals surface area contributed by atoms with E-state index in [-0.39, 0.29) is 23.4 Å². The summed E-state index contributed by atoms with van der Waals surface area (Å²) in [6.07, 6.45) is 3.72. The van der Waals surface area contributed by atoms with Crippen molar-refractivity contribution in [3.05, 3.63) is 29.3 Å². The van der Waals surface area contributed by atoms with Crippen LogP contribution in [-0.4, -0.2) is 32.3 Å². The lowest BCUT2D eigenvalue weighted by molar-refractivity contribution is 0.0595. The number of anilines is 1. The van der Waals surface area contributed by atoms with E-state index in [4.69, 9.17) is 4.74 Å². The number of ether oxygens (including phenoxy) is 2. The number of methoxy groups -OCH3 is 2. The van der Waals surface area contributed by atoms with E-state index in [0.717, 1.165) is 38.9 Å². The summed E-state index contributed by atoms with van der Waals surface area (Å²) < 4.78 is 37.2. The molecule has 1 aliphatic rings. The number of hydrogen-bond donors (Lipinski definition) is 1. The summed E-state index contributed by atoms with van der Waals surface area (Å²) in [5, 5.41) is 3.03. The zero-order valence-electron chi connectivity index (χ0n) is 12.1. The summed E-state index contributed by atoms with van der Waals surface area (Å²) in [4.78, 5) is 11.5. The van der Waals surface area contributed by atoms with E-state index in [0.29, 0.717) is 6.07 Å². The first-order valence-electron chi connectivity index (χ1n) is 6.91. The van der Waals surface area contributed by atoms with Crippen LogP contribution >= 0.6 is 0 Å². The Morgan fingerprint density at radius 2 is 2.00 bits per heavy atom. The Bertz CT molecular complexity index is 522. The van der Waals surface area contributed by atoms with Gasteiger partial charge in [0.15, 0.2) is 0 Å². The lowest BCUT2D eigenvalue weighted by Gasteiger charge is -2.29. The predicted octanol–water partition coefficient (Wildman–Crippen LogP) is 3.12. The Morgan fingerprint density at radius 1 is 1.24 bits per heavy atom. The Hall–Kier alpha value is -1.69. The molecule has 6 heteroatoms. The average Bonchev–Trinajstić information content (AvgIpc) is 2.49. The molecule has 1 fully saturated rings. The number of esters is 1. The molecule has 116 valence electrons. The van der Waals surface area contributed by atoms with Crippen LogP contribution in [0.1, 0.15) is 36.0 Å². The molecule has 0 spiro atoms. The van der Waals surface area contributed by atoms with Gasteiger partial charge in [-0.1, -0.05) is 0 Å². The minimum Gasteiger partial charge on any atom is -0.465 e. The normalized spacial score (nSPS) is 21.9. The zero-order chi connectivity index (χ0) is 15.4. The van der Waals surface area contributed by atoms with Gasteiger partial charge < -0.3 is 14.8 Å². The molecule has 0 aromatic heterocycles. The number of benzene rings is 1. The standard InChI is InChI=1S/C15H19F2NO3/c1-20-10-5-3-4-9(6-10)18-14-7-11(15(19)21-2)12(16)8-13(14)17/h7-10,18H,3-6H2,1-2H3. The van der Waals surface area contributed by atoms with Gasteiger partial charge in [0.2, 0.25) is 0 Å². The topological polar surface area (TPSA) is 47.6 Å². The van der Waals surface area contributed by atoms with E-state index < -0.39 is 17.6 Å². The van der Waals surface area contributed by atoms with Crippen LogP contribution in [0.15, 0.2) is 12.1 Å². The molecule has 1 aromatic carbocycles. The van der Waals surface area contributed by atoms with E-state index in [9.17, 15) is 13.6 Å². The Labute approximate surface area is 122 Å². The van der Waals surface area contributed by atoms with Gasteiger partial charge in [-0.05, 0) is 31.7 Å². The molecule has 4 nitrogen and oxygen atoms in total. The van der Waals surface area contributed by atoms with Crippen LogP contribution in [-0.2, 0) is 9.47 Å². The number of nitrogens with one attached hydrogen (secondary N) is 1. The number of hydrogen-bond acceptors (Lipinski definition) is 4. The molecular weight excluding hydrogens is 280 g/mol. The lowest BCUT2D eigenvalue weighted by Crippen LogP contribution is -2.31. The third-order valence-electron chi connectivity index (χ3n) is 3.78. The Balaban J connectivity index is 2.17. The van der Waals surface area contributed by atoms with E-state index >= 15 is 0 Å². The molecule has 2 unspecified atom stereocenters. The molecule has 0 radical (unpaired) electrons. The smallest absolute Gasteiger partial charge is 0.340 e. The quantitative estimate of drug-likeness (QED) is 0.868. The number of carbonyl (C=O) groups excluding carboxylic acids is 1. The maximum Gasteiger partial charge on any atom is 0.340 e. The molecule has 1 N–H and O–H groups in total. The van der Waals surface area contributed by atoms with Crippen molar-refractivity contribution in [1.29, 1.82) is 0 Å². The third-order valence-corrected chi connectivity index (χ3v) is 3.78. The fourth-order valence-corrected chi connectivity index (χ4v) is 2.64. The Kier molecular flexibility index (Phi) is 5.12. The first-order valence-corrected chi connectivity index (χ1v) is 6.91. The summed E-state index contributed by atoms with van der Waals surface area (Å²) in [6.45, 7) is 0. The van der Waals surface area contributed by atoms with Crippen molar-refractivity contribution in [2.45, 2.75) is 37.8 Å². The molecule has 0 saturated heterocycles. The average molecular weight is 299 g/mol. The highest BCUT2D eigenvalue weighted by Gasteiger charge is 2.23. The summed E-state index contributed by atoms with van der Waals surface area (Å²) in [7, 11) is 2.81. The first-order chi connectivity index (χ1) is 10.0. The van der Waals surface area contributed by atoms with Crippen molar-refractivity contribution < 1.29 is 23.0 Å². The maximum absolute atomic E-state index is 13.8. The van der Waals surface area contributed by atoms with Crippen LogP contribution in [0.25, 0.3) is 0 Å². The van der Waals surface area contributed by atoms with Gasteiger partial charge in [0.25, 0.3) is 0 Å². The van der Waals surface area contributed by atoms with Gasteiger partial charge in [-0.3, -0.25) is 0 Å². The number of carbonyl (C=O) groups is 1. The van der Waals surface area contributed by atoms with Gasteiger partial charge in [0.05, 0.1) is 24.5 Å². The second-order valence-electron chi connectivity index (χ2n) is 5.17. The molecule has 2 rings (SSSR count). The molecular formula is C15H19F2NO3. The fraction of sp³-hybridized carbons (Fsp3) is 0.533. The van der Waals surface area contributed by atoms with E-state index in [1.54, 1.807) is 7.11 Å². The van der Waals surface area contributed by atoms with Gasteiger partial charge in [-0.2, -0.15) is 0 Å². The molecule has 1 aliphatic carbocycles. The zero-order valence-corrected chi connectivity index (χ0v) is 12.1. The molecule has 21 heavy (non-hydrogen) atoms. The van der Waals surface area contributed by atoms with Crippen molar-refractivity contribution in [3.63, 3.8) is 0 Å².